The van der Waals surface area contributed by atoms with Crippen LogP contribution in [-0.4, -0.2) is 28.1 Å². The lowest BCUT2D eigenvalue weighted by Crippen LogP contribution is -2.37. The van der Waals surface area contributed by atoms with Crippen molar-refractivity contribution in [2.75, 3.05) is 13.2 Å². The largest absolute Gasteiger partial charge is 0.396 e. The van der Waals surface area contributed by atoms with Crippen molar-refractivity contribution in [2.45, 2.75) is 39.3 Å². The maximum Gasteiger partial charge on any atom is 0.0487 e. The molecule has 3 heteroatoms. The van der Waals surface area contributed by atoms with E-state index in [-0.39, 0.29) is 0 Å². The molecule has 0 bridgehead atoms. The number of fused-ring (bicyclic) bond motifs is 1. The molecular weight excluding hydrogens is 320 g/mol. The van der Waals surface area contributed by atoms with Crippen LogP contribution in [0.4, 0.5) is 0 Å². The van der Waals surface area contributed by atoms with E-state index in [9.17, 15) is 5.11 Å². The van der Waals surface area contributed by atoms with Crippen LogP contribution in [0.3, 0.4) is 0 Å². The topological polar surface area (TPSA) is 39.3 Å². The summed E-state index contributed by atoms with van der Waals surface area (Å²) in [5.41, 5.74) is 6.72. The fourth-order valence-electron chi connectivity index (χ4n) is 4.52. The van der Waals surface area contributed by atoms with Crippen LogP contribution in [0, 0.1) is 19.8 Å². The van der Waals surface area contributed by atoms with Crippen LogP contribution in [0.1, 0.15) is 41.1 Å². The molecule has 26 heavy (non-hydrogen) atoms. The summed E-state index contributed by atoms with van der Waals surface area (Å²) in [5.74, 6) is 0.405. The van der Waals surface area contributed by atoms with Gasteiger partial charge in [0.25, 0.3) is 0 Å². The second kappa shape index (κ2) is 7.26. The third kappa shape index (κ3) is 3.17. The molecule has 1 aliphatic rings. The van der Waals surface area contributed by atoms with Crippen molar-refractivity contribution in [3.8, 4) is 0 Å². The fourth-order valence-corrected chi connectivity index (χ4v) is 4.52. The SMILES string of the molecule is Cc1cc(C)c2[nH]ccc2c1CN1CC[C@H](CO)C[C@H]1c1ccccc1. The van der Waals surface area contributed by atoms with E-state index in [0.717, 1.165) is 25.9 Å². The Morgan fingerprint density at radius 1 is 1.12 bits per heavy atom. The van der Waals surface area contributed by atoms with Crippen molar-refractivity contribution in [1.82, 2.24) is 9.88 Å². The average Bonchev–Trinajstić information content (AvgIpc) is 3.16. The predicted molar refractivity (Wildman–Crippen MR) is 107 cm³/mol. The van der Waals surface area contributed by atoms with Crippen LogP contribution in [0.2, 0.25) is 0 Å². The Morgan fingerprint density at radius 3 is 2.69 bits per heavy atom. The molecule has 2 N–H and O–H groups in total. The number of aryl methyl sites for hydroxylation is 2. The summed E-state index contributed by atoms with van der Waals surface area (Å²) in [6, 6.07) is 15.7. The van der Waals surface area contributed by atoms with Gasteiger partial charge in [0.05, 0.1) is 0 Å². The smallest absolute Gasteiger partial charge is 0.0487 e. The van der Waals surface area contributed by atoms with Crippen molar-refractivity contribution in [2.24, 2.45) is 5.92 Å². The predicted octanol–water partition coefficient (Wildman–Crippen LogP) is 4.73. The van der Waals surface area contributed by atoms with Crippen LogP contribution in [0.5, 0.6) is 0 Å². The van der Waals surface area contributed by atoms with Gasteiger partial charge in [0.1, 0.15) is 0 Å². The number of aromatic amines is 1. The maximum absolute atomic E-state index is 9.70. The minimum Gasteiger partial charge on any atom is -0.396 e. The van der Waals surface area contributed by atoms with E-state index in [1.54, 1.807) is 0 Å². The molecule has 1 saturated heterocycles. The second-order valence-corrected chi connectivity index (χ2v) is 7.73. The first-order chi connectivity index (χ1) is 12.7. The highest BCUT2D eigenvalue weighted by molar-refractivity contribution is 5.86. The number of H-pyrrole nitrogens is 1. The number of nitrogens with zero attached hydrogens (tertiary/aromatic N) is 1. The highest BCUT2D eigenvalue weighted by atomic mass is 16.3. The van der Waals surface area contributed by atoms with Gasteiger partial charge in [-0.2, -0.15) is 0 Å². The number of aromatic nitrogens is 1. The lowest BCUT2D eigenvalue weighted by atomic mass is 9.87. The zero-order valence-corrected chi connectivity index (χ0v) is 15.7. The van der Waals surface area contributed by atoms with E-state index in [1.807, 2.05) is 6.20 Å². The molecule has 1 fully saturated rings. The molecule has 0 radical (unpaired) electrons. The van der Waals surface area contributed by atoms with Crippen LogP contribution >= 0.6 is 0 Å². The van der Waals surface area contributed by atoms with Crippen LogP contribution in [-0.2, 0) is 6.54 Å². The zero-order chi connectivity index (χ0) is 18.1. The van der Waals surface area contributed by atoms with Gasteiger partial charge in [-0.25, -0.2) is 0 Å². The Balaban J connectivity index is 1.69. The first-order valence-electron chi connectivity index (χ1n) is 9.63. The summed E-state index contributed by atoms with van der Waals surface area (Å²) in [4.78, 5) is 6.00. The maximum atomic E-state index is 9.70. The van der Waals surface area contributed by atoms with E-state index in [2.05, 4.69) is 66.2 Å². The Morgan fingerprint density at radius 2 is 1.92 bits per heavy atom. The van der Waals surface area contributed by atoms with E-state index in [1.165, 1.54) is 33.2 Å². The van der Waals surface area contributed by atoms with Crippen molar-refractivity contribution >= 4 is 10.9 Å². The van der Waals surface area contributed by atoms with Crippen LogP contribution in [0.25, 0.3) is 10.9 Å². The molecule has 0 amide bonds. The van der Waals surface area contributed by atoms with Gasteiger partial charge in [-0.15, -0.1) is 0 Å². The lowest BCUT2D eigenvalue weighted by Gasteiger charge is -2.40. The third-order valence-electron chi connectivity index (χ3n) is 6.00. The average molecular weight is 348 g/mol. The molecule has 0 spiro atoms. The van der Waals surface area contributed by atoms with Crippen molar-refractivity contribution in [1.29, 1.82) is 0 Å². The molecular formula is C23H28N2O. The molecule has 4 rings (SSSR count). The summed E-state index contributed by atoms with van der Waals surface area (Å²) < 4.78 is 0. The van der Waals surface area contributed by atoms with E-state index in [4.69, 9.17) is 0 Å². The van der Waals surface area contributed by atoms with Gasteiger partial charge in [-0.05, 0) is 67.5 Å². The summed E-state index contributed by atoms with van der Waals surface area (Å²) in [7, 11) is 0. The van der Waals surface area contributed by atoms with Gasteiger partial charge in [-0.3, -0.25) is 4.90 Å². The number of aliphatic hydroxyl groups is 1. The normalized spacial score (nSPS) is 21.3. The Kier molecular flexibility index (Phi) is 4.84. The number of hydrogen-bond acceptors (Lipinski definition) is 2. The summed E-state index contributed by atoms with van der Waals surface area (Å²) in [6.07, 6.45) is 4.15. The molecule has 0 aliphatic carbocycles. The highest BCUT2D eigenvalue weighted by Crippen LogP contribution is 2.36. The molecule has 2 heterocycles. The second-order valence-electron chi connectivity index (χ2n) is 7.73. The molecule has 1 aliphatic heterocycles. The Labute approximate surface area is 155 Å². The van der Waals surface area contributed by atoms with Gasteiger partial charge in [-0.1, -0.05) is 36.4 Å². The molecule has 3 nitrogen and oxygen atoms in total. The van der Waals surface area contributed by atoms with E-state index < -0.39 is 0 Å². The van der Waals surface area contributed by atoms with Crippen molar-refractivity contribution < 1.29 is 5.11 Å². The van der Waals surface area contributed by atoms with E-state index >= 15 is 0 Å². The van der Waals surface area contributed by atoms with Gasteiger partial charge >= 0.3 is 0 Å². The monoisotopic (exact) mass is 348 g/mol. The van der Waals surface area contributed by atoms with Gasteiger partial charge < -0.3 is 10.1 Å². The standard InChI is InChI=1S/C23H28N2O/c1-16-12-17(2)23-20(8-10-24-23)21(16)14-25-11-9-18(15-26)13-22(25)19-6-4-3-5-7-19/h3-8,10,12,18,22,24,26H,9,11,13-15H2,1-2H3/t18-,22-/m0/s1. The molecule has 2 atom stereocenters. The number of piperidine rings is 1. The zero-order valence-electron chi connectivity index (χ0n) is 15.7. The van der Waals surface area contributed by atoms with Gasteiger partial charge in [0.2, 0.25) is 0 Å². The van der Waals surface area contributed by atoms with E-state index in [0.29, 0.717) is 18.6 Å². The van der Waals surface area contributed by atoms with Gasteiger partial charge in [0.15, 0.2) is 0 Å². The molecule has 0 saturated carbocycles. The van der Waals surface area contributed by atoms with Crippen molar-refractivity contribution in [3.63, 3.8) is 0 Å². The number of hydrogen-bond donors (Lipinski definition) is 2. The fraction of sp³-hybridized carbons (Fsp3) is 0.391. The number of aliphatic hydroxyl groups excluding tert-OH is 1. The van der Waals surface area contributed by atoms with Gasteiger partial charge in [0, 0.05) is 36.3 Å². The molecule has 1 aromatic heterocycles. The highest BCUT2D eigenvalue weighted by Gasteiger charge is 2.30. The molecule has 2 aromatic carbocycles. The first-order valence-corrected chi connectivity index (χ1v) is 9.63. The van der Waals surface area contributed by atoms with Crippen LogP contribution in [0.15, 0.2) is 48.7 Å². The number of benzene rings is 2. The molecule has 3 aromatic rings. The van der Waals surface area contributed by atoms with Crippen LogP contribution < -0.4 is 0 Å². The minimum atomic E-state index is 0.294. The number of rotatable bonds is 4. The van der Waals surface area contributed by atoms with Crippen molar-refractivity contribution in [3.05, 3.63) is 70.9 Å². The summed E-state index contributed by atoms with van der Waals surface area (Å²) >= 11 is 0. The third-order valence-corrected chi connectivity index (χ3v) is 6.00. The molecule has 136 valence electrons. The Hall–Kier alpha value is -2.10. The quantitative estimate of drug-likeness (QED) is 0.715. The summed E-state index contributed by atoms with van der Waals surface area (Å²) in [5, 5.41) is 11.0. The summed E-state index contributed by atoms with van der Waals surface area (Å²) in [6.45, 7) is 6.69. The first kappa shape index (κ1) is 17.3. The number of nitrogens with one attached hydrogen (secondary N) is 1. The lowest BCUT2D eigenvalue weighted by molar-refractivity contribution is 0.0750. The number of likely N-dealkylation sites (tertiary alicyclic amines) is 1. The Bertz CT molecular complexity index is 884. The minimum absolute atomic E-state index is 0.294. The molecule has 0 unspecified atom stereocenters.